The minimum absolute atomic E-state index is 0.158. The molecule has 0 fully saturated rings. The molecule has 2 heterocycles. The van der Waals surface area contributed by atoms with Crippen molar-refractivity contribution < 1.29 is 4.79 Å². The Morgan fingerprint density at radius 2 is 1.94 bits per heavy atom. The maximum Gasteiger partial charge on any atom is 0.237 e. The van der Waals surface area contributed by atoms with E-state index in [4.69, 9.17) is 10.8 Å². The molecule has 0 saturated heterocycles. The minimum Gasteiger partial charge on any atom is -0.368 e. The van der Waals surface area contributed by atoms with Crippen LogP contribution in [0, 0.1) is 12.3 Å². The van der Waals surface area contributed by atoms with Crippen molar-refractivity contribution in [2.75, 3.05) is 0 Å². The fourth-order valence-corrected chi connectivity index (χ4v) is 5.23. The fourth-order valence-electron chi connectivity index (χ4n) is 5.23. The number of benzene rings is 2. The molecule has 2 aromatic carbocycles. The lowest BCUT2D eigenvalue weighted by Gasteiger charge is -2.36. The van der Waals surface area contributed by atoms with Crippen LogP contribution in [0.25, 0.3) is 16.6 Å². The zero-order chi connectivity index (χ0) is 23.2. The number of carbonyl (C=O) groups excluding carboxylic acids is 1. The quantitative estimate of drug-likeness (QED) is 0.465. The number of nitrogens with two attached hydrogens (primary N) is 1. The molecule has 5 rings (SSSR count). The predicted octanol–water partition coefficient (Wildman–Crippen LogP) is 4.42. The van der Waals surface area contributed by atoms with Crippen LogP contribution in [0.5, 0.6) is 0 Å². The van der Waals surface area contributed by atoms with E-state index in [2.05, 4.69) is 61.1 Å². The summed E-state index contributed by atoms with van der Waals surface area (Å²) in [4.78, 5) is 11.6. The molecule has 1 aliphatic rings. The molecule has 0 aliphatic heterocycles. The average molecular weight is 442 g/mol. The summed E-state index contributed by atoms with van der Waals surface area (Å²) < 4.78 is 4.07. The summed E-state index contributed by atoms with van der Waals surface area (Å²) in [5, 5.41) is 9.76. The van der Waals surface area contributed by atoms with Gasteiger partial charge < -0.3 is 15.6 Å². The van der Waals surface area contributed by atoms with Gasteiger partial charge in [0.1, 0.15) is 6.54 Å². The Labute approximate surface area is 194 Å². The number of primary amides is 1. The van der Waals surface area contributed by atoms with Crippen molar-refractivity contribution >= 4 is 16.8 Å². The van der Waals surface area contributed by atoms with Crippen LogP contribution in [0.2, 0.25) is 0 Å². The monoisotopic (exact) mass is 441 g/mol. The normalized spacial score (nSPS) is 17.2. The highest BCUT2D eigenvalue weighted by Gasteiger charge is 2.35. The molecular weight excluding hydrogens is 410 g/mol. The highest BCUT2D eigenvalue weighted by Crippen LogP contribution is 2.41. The van der Waals surface area contributed by atoms with Crippen molar-refractivity contribution in [3.63, 3.8) is 0 Å². The Morgan fingerprint density at radius 1 is 1.18 bits per heavy atom. The zero-order valence-electron chi connectivity index (χ0n) is 19.5. The lowest BCUT2D eigenvalue weighted by atomic mass is 9.74. The molecule has 1 unspecified atom stereocenters. The number of hydrogen-bond donors (Lipinski definition) is 2. The molecule has 0 bridgehead atoms. The SMILES string of the molecule is Cc1ccccc1-n1ncc2c1CC(C)(C)CC2NCc1cn(CC(N)=O)c2ccccc12. The predicted molar refractivity (Wildman–Crippen MR) is 131 cm³/mol. The Kier molecular flexibility index (Phi) is 5.33. The second-order valence-electron chi connectivity index (χ2n) is 9.99. The number of hydrogen-bond acceptors (Lipinski definition) is 3. The summed E-state index contributed by atoms with van der Waals surface area (Å²) >= 11 is 0. The van der Waals surface area contributed by atoms with Crippen LogP contribution in [-0.2, 0) is 24.3 Å². The molecule has 3 N–H and O–H groups in total. The Bertz CT molecular complexity index is 1330. The van der Waals surface area contributed by atoms with Crippen LogP contribution in [0.3, 0.4) is 0 Å². The van der Waals surface area contributed by atoms with Crippen molar-refractivity contribution in [2.24, 2.45) is 11.1 Å². The van der Waals surface area contributed by atoms with Crippen LogP contribution in [0.4, 0.5) is 0 Å². The van der Waals surface area contributed by atoms with Gasteiger partial charge in [-0.3, -0.25) is 4.79 Å². The first kappa shape index (κ1) is 21.5. The van der Waals surface area contributed by atoms with Gasteiger partial charge in [-0.1, -0.05) is 50.2 Å². The van der Waals surface area contributed by atoms with Gasteiger partial charge in [-0.05, 0) is 48.4 Å². The van der Waals surface area contributed by atoms with E-state index < -0.39 is 0 Å². The van der Waals surface area contributed by atoms with E-state index in [-0.39, 0.29) is 23.9 Å². The van der Waals surface area contributed by atoms with Gasteiger partial charge in [-0.2, -0.15) is 5.10 Å². The van der Waals surface area contributed by atoms with E-state index in [1.807, 2.05) is 35.2 Å². The molecular formula is C27H31N5O. The molecule has 4 aromatic rings. The number of para-hydroxylation sites is 2. The van der Waals surface area contributed by atoms with Crippen LogP contribution < -0.4 is 11.1 Å². The van der Waals surface area contributed by atoms with Gasteiger partial charge in [-0.25, -0.2) is 4.68 Å². The van der Waals surface area contributed by atoms with E-state index in [1.54, 1.807) is 0 Å². The molecule has 0 radical (unpaired) electrons. The summed E-state index contributed by atoms with van der Waals surface area (Å²) in [6, 6.07) is 16.8. The standard InChI is InChI=1S/C27H31N5O/c1-18-8-4-6-10-23(18)32-25-13-27(2,3)12-22(21(25)15-30-32)29-14-19-16-31(17-26(28)33)24-11-7-5-9-20(19)24/h4-11,15-16,22,29H,12-14,17H2,1-3H3,(H2,28,33). The maximum atomic E-state index is 11.6. The molecule has 1 aliphatic carbocycles. The molecule has 1 atom stereocenters. The minimum atomic E-state index is -0.336. The highest BCUT2D eigenvalue weighted by molar-refractivity contribution is 5.85. The second kappa shape index (κ2) is 8.19. The number of carbonyl (C=O) groups is 1. The second-order valence-corrected chi connectivity index (χ2v) is 9.99. The van der Waals surface area contributed by atoms with Gasteiger partial charge in [0.2, 0.25) is 5.91 Å². The van der Waals surface area contributed by atoms with Crippen LogP contribution in [0.1, 0.15) is 48.7 Å². The number of nitrogens with zero attached hydrogens (tertiary/aromatic N) is 3. The van der Waals surface area contributed by atoms with E-state index in [0.29, 0.717) is 6.54 Å². The van der Waals surface area contributed by atoms with E-state index in [0.717, 1.165) is 29.4 Å². The Hall–Kier alpha value is -3.38. The average Bonchev–Trinajstić information content (AvgIpc) is 3.33. The van der Waals surface area contributed by atoms with Gasteiger partial charge >= 0.3 is 0 Å². The third-order valence-corrected chi connectivity index (χ3v) is 6.76. The first-order chi connectivity index (χ1) is 15.8. The maximum absolute atomic E-state index is 11.6. The summed E-state index contributed by atoms with van der Waals surface area (Å²) in [6.07, 6.45) is 6.12. The van der Waals surface area contributed by atoms with E-state index in [9.17, 15) is 4.79 Å². The van der Waals surface area contributed by atoms with Crippen molar-refractivity contribution in [3.05, 3.63) is 83.3 Å². The summed E-state index contributed by atoms with van der Waals surface area (Å²) in [5.41, 5.74) is 12.8. The molecule has 6 nitrogen and oxygen atoms in total. The summed E-state index contributed by atoms with van der Waals surface area (Å²) in [6.45, 7) is 7.69. The van der Waals surface area contributed by atoms with Crippen LogP contribution in [-0.4, -0.2) is 20.3 Å². The smallest absolute Gasteiger partial charge is 0.237 e. The molecule has 170 valence electrons. The van der Waals surface area contributed by atoms with Crippen molar-refractivity contribution in [2.45, 2.75) is 52.7 Å². The summed E-state index contributed by atoms with van der Waals surface area (Å²) in [7, 11) is 0. The zero-order valence-corrected chi connectivity index (χ0v) is 19.5. The number of aromatic nitrogens is 3. The Balaban J connectivity index is 1.46. The molecule has 0 spiro atoms. The lowest BCUT2D eigenvalue weighted by molar-refractivity contribution is -0.118. The third kappa shape index (κ3) is 4.07. The van der Waals surface area contributed by atoms with Gasteiger partial charge in [-0.15, -0.1) is 0 Å². The van der Waals surface area contributed by atoms with Crippen LogP contribution in [0.15, 0.2) is 60.9 Å². The van der Waals surface area contributed by atoms with Crippen molar-refractivity contribution in [1.82, 2.24) is 19.7 Å². The number of rotatable bonds is 6. The topological polar surface area (TPSA) is 77.9 Å². The first-order valence-corrected chi connectivity index (χ1v) is 11.5. The van der Waals surface area contributed by atoms with Crippen LogP contribution >= 0.6 is 0 Å². The first-order valence-electron chi connectivity index (χ1n) is 11.5. The van der Waals surface area contributed by atoms with Gasteiger partial charge in [0.15, 0.2) is 0 Å². The summed E-state index contributed by atoms with van der Waals surface area (Å²) in [5.74, 6) is -0.336. The largest absolute Gasteiger partial charge is 0.368 e. The van der Waals surface area contributed by atoms with E-state index >= 15 is 0 Å². The molecule has 6 heteroatoms. The number of fused-ring (bicyclic) bond motifs is 2. The molecule has 2 aromatic heterocycles. The number of amides is 1. The van der Waals surface area contributed by atoms with Gasteiger partial charge in [0.25, 0.3) is 0 Å². The lowest BCUT2D eigenvalue weighted by Crippen LogP contribution is -2.33. The molecule has 0 saturated carbocycles. The highest BCUT2D eigenvalue weighted by atomic mass is 16.1. The van der Waals surface area contributed by atoms with Gasteiger partial charge in [0.05, 0.1) is 11.9 Å². The third-order valence-electron chi connectivity index (χ3n) is 6.76. The van der Waals surface area contributed by atoms with Crippen molar-refractivity contribution in [3.8, 4) is 5.69 Å². The number of aryl methyl sites for hydroxylation is 1. The number of nitrogens with one attached hydrogen (secondary N) is 1. The van der Waals surface area contributed by atoms with Crippen molar-refractivity contribution in [1.29, 1.82) is 0 Å². The molecule has 1 amide bonds. The molecule has 33 heavy (non-hydrogen) atoms. The fraction of sp³-hybridized carbons (Fsp3) is 0.333. The van der Waals surface area contributed by atoms with E-state index in [1.165, 1.54) is 22.4 Å². The Morgan fingerprint density at radius 3 is 2.73 bits per heavy atom. The van der Waals surface area contributed by atoms with Gasteiger partial charge in [0, 0.05) is 40.9 Å².